The molecule has 3 rings (SSSR count). The van der Waals surface area contributed by atoms with Gasteiger partial charge in [0.2, 0.25) is 0 Å². The van der Waals surface area contributed by atoms with E-state index in [4.69, 9.17) is 0 Å². The first-order valence-corrected chi connectivity index (χ1v) is 8.78. The van der Waals surface area contributed by atoms with Gasteiger partial charge in [-0.25, -0.2) is 4.98 Å². The quantitative estimate of drug-likeness (QED) is 0.817. The Morgan fingerprint density at radius 1 is 1.24 bits per heavy atom. The second-order valence-electron chi connectivity index (χ2n) is 6.27. The average molecular weight is 303 g/mol. The van der Waals surface area contributed by atoms with Gasteiger partial charge >= 0.3 is 0 Å². The fraction of sp³-hybridized carbons (Fsp3) is 0.588. The smallest absolute Gasteiger partial charge is 0.0951 e. The number of thiophene rings is 1. The van der Waals surface area contributed by atoms with Crippen molar-refractivity contribution in [1.82, 2.24) is 14.5 Å². The summed E-state index contributed by atoms with van der Waals surface area (Å²) in [7, 11) is 2.20. The van der Waals surface area contributed by atoms with E-state index < -0.39 is 0 Å². The Kier molecular flexibility index (Phi) is 4.76. The van der Waals surface area contributed by atoms with Crippen LogP contribution in [0.3, 0.4) is 0 Å². The summed E-state index contributed by atoms with van der Waals surface area (Å²) in [6, 6.07) is 5.13. The minimum absolute atomic E-state index is 0.675. The van der Waals surface area contributed by atoms with Crippen molar-refractivity contribution in [3.8, 4) is 0 Å². The highest BCUT2D eigenvalue weighted by molar-refractivity contribution is 7.11. The number of nitrogens with zero attached hydrogens (tertiary/aromatic N) is 3. The minimum atomic E-state index is 0.675. The van der Waals surface area contributed by atoms with Crippen LogP contribution in [0.2, 0.25) is 0 Å². The lowest BCUT2D eigenvalue weighted by molar-refractivity contribution is 0.292. The van der Waals surface area contributed by atoms with Gasteiger partial charge in [-0.1, -0.05) is 19.3 Å². The first-order valence-electron chi connectivity index (χ1n) is 7.97. The second kappa shape index (κ2) is 6.75. The van der Waals surface area contributed by atoms with Gasteiger partial charge in [0.05, 0.1) is 12.0 Å². The number of aromatic nitrogens is 2. The Morgan fingerprint density at radius 2 is 2.05 bits per heavy atom. The van der Waals surface area contributed by atoms with E-state index in [0.29, 0.717) is 6.04 Å². The van der Waals surface area contributed by atoms with Gasteiger partial charge in [0, 0.05) is 35.1 Å². The van der Waals surface area contributed by atoms with Crippen LogP contribution in [0.25, 0.3) is 0 Å². The van der Waals surface area contributed by atoms with Gasteiger partial charge in [0.25, 0.3) is 0 Å². The minimum Gasteiger partial charge on any atom is -0.330 e. The maximum Gasteiger partial charge on any atom is 0.0951 e. The molecule has 2 heterocycles. The normalized spacial score (nSPS) is 16.7. The summed E-state index contributed by atoms with van der Waals surface area (Å²) < 4.78 is 2.43. The van der Waals surface area contributed by atoms with Crippen molar-refractivity contribution >= 4 is 11.3 Å². The molecule has 0 spiro atoms. The molecule has 0 N–H and O–H groups in total. The van der Waals surface area contributed by atoms with Crippen LogP contribution in [0, 0.1) is 6.92 Å². The van der Waals surface area contributed by atoms with Crippen LogP contribution < -0.4 is 0 Å². The van der Waals surface area contributed by atoms with Crippen LogP contribution in [-0.4, -0.2) is 21.5 Å². The van der Waals surface area contributed by atoms with E-state index in [9.17, 15) is 0 Å². The Balaban J connectivity index is 1.63. The van der Waals surface area contributed by atoms with E-state index in [1.807, 2.05) is 23.9 Å². The molecule has 0 atom stereocenters. The molecule has 0 saturated heterocycles. The number of hydrogen-bond acceptors (Lipinski definition) is 3. The number of rotatable bonds is 5. The molecule has 1 aliphatic carbocycles. The zero-order valence-corrected chi connectivity index (χ0v) is 13.9. The van der Waals surface area contributed by atoms with E-state index in [2.05, 4.69) is 40.6 Å². The highest BCUT2D eigenvalue weighted by atomic mass is 32.1. The fourth-order valence-electron chi connectivity index (χ4n) is 3.31. The largest absolute Gasteiger partial charge is 0.330 e. The highest BCUT2D eigenvalue weighted by Crippen LogP contribution is 2.29. The van der Waals surface area contributed by atoms with E-state index >= 15 is 0 Å². The molecule has 2 aromatic rings. The van der Waals surface area contributed by atoms with Crippen molar-refractivity contribution in [1.29, 1.82) is 0 Å². The molecule has 0 unspecified atom stereocenters. The Hall–Kier alpha value is -1.13. The molecule has 1 fully saturated rings. The highest BCUT2D eigenvalue weighted by Gasteiger charge is 2.18. The zero-order valence-electron chi connectivity index (χ0n) is 13.1. The van der Waals surface area contributed by atoms with Gasteiger partial charge in [0.1, 0.15) is 0 Å². The molecule has 1 aliphatic rings. The molecular formula is C17H25N3S. The van der Waals surface area contributed by atoms with Gasteiger partial charge < -0.3 is 4.57 Å². The first-order chi connectivity index (χ1) is 10.2. The zero-order chi connectivity index (χ0) is 14.7. The SMILES string of the molecule is Cc1ccc(CN(C)Cc2cncn2C2CCCCC2)s1. The Labute approximate surface area is 131 Å². The lowest BCUT2D eigenvalue weighted by Crippen LogP contribution is -2.21. The van der Waals surface area contributed by atoms with Crippen molar-refractivity contribution in [2.45, 2.75) is 58.2 Å². The van der Waals surface area contributed by atoms with Crippen molar-refractivity contribution in [3.63, 3.8) is 0 Å². The van der Waals surface area contributed by atoms with Crippen LogP contribution in [0.15, 0.2) is 24.7 Å². The summed E-state index contributed by atoms with van der Waals surface area (Å²) in [5.74, 6) is 0. The Morgan fingerprint density at radius 3 is 2.76 bits per heavy atom. The Bertz CT molecular complexity index is 566. The van der Waals surface area contributed by atoms with Gasteiger partial charge in [-0.05, 0) is 38.9 Å². The summed E-state index contributed by atoms with van der Waals surface area (Å²) in [6.45, 7) is 4.17. The lowest BCUT2D eigenvalue weighted by atomic mass is 9.95. The van der Waals surface area contributed by atoms with E-state index in [1.54, 1.807) is 0 Å². The first kappa shape index (κ1) is 14.8. The van der Waals surface area contributed by atoms with Crippen LogP contribution in [0.1, 0.15) is 53.6 Å². The van der Waals surface area contributed by atoms with Gasteiger partial charge in [-0.15, -0.1) is 11.3 Å². The van der Waals surface area contributed by atoms with Gasteiger partial charge in [-0.2, -0.15) is 0 Å². The van der Waals surface area contributed by atoms with E-state index in [0.717, 1.165) is 13.1 Å². The molecule has 21 heavy (non-hydrogen) atoms. The van der Waals surface area contributed by atoms with Crippen molar-refractivity contribution < 1.29 is 0 Å². The molecule has 1 saturated carbocycles. The van der Waals surface area contributed by atoms with Crippen molar-refractivity contribution in [2.75, 3.05) is 7.05 Å². The van der Waals surface area contributed by atoms with Crippen molar-refractivity contribution in [3.05, 3.63) is 40.1 Å². The standard InChI is InChI=1S/C17H25N3S/c1-14-8-9-17(21-14)12-19(2)11-16-10-18-13-20(16)15-6-4-3-5-7-15/h8-10,13,15H,3-7,11-12H2,1-2H3. The predicted octanol–water partition coefficient (Wildman–Crippen LogP) is 4.39. The topological polar surface area (TPSA) is 21.1 Å². The third-order valence-electron chi connectivity index (χ3n) is 4.37. The average Bonchev–Trinajstić information content (AvgIpc) is 3.09. The fourth-order valence-corrected chi connectivity index (χ4v) is 4.28. The maximum absolute atomic E-state index is 4.40. The molecular weight excluding hydrogens is 278 g/mol. The molecule has 0 aromatic carbocycles. The van der Waals surface area contributed by atoms with E-state index in [1.165, 1.54) is 47.6 Å². The van der Waals surface area contributed by atoms with Gasteiger partial charge in [0.15, 0.2) is 0 Å². The summed E-state index contributed by atoms with van der Waals surface area (Å²) in [5.41, 5.74) is 1.36. The molecule has 114 valence electrons. The van der Waals surface area contributed by atoms with Crippen LogP contribution in [-0.2, 0) is 13.1 Å². The predicted molar refractivity (Wildman–Crippen MR) is 88.6 cm³/mol. The molecule has 0 amide bonds. The molecule has 3 nitrogen and oxygen atoms in total. The molecule has 0 bridgehead atoms. The van der Waals surface area contributed by atoms with Gasteiger partial charge in [-0.3, -0.25) is 4.90 Å². The summed E-state index contributed by atoms with van der Waals surface area (Å²) in [5, 5.41) is 0. The van der Waals surface area contributed by atoms with Crippen molar-refractivity contribution in [2.24, 2.45) is 0 Å². The molecule has 0 radical (unpaired) electrons. The number of imidazole rings is 1. The lowest BCUT2D eigenvalue weighted by Gasteiger charge is -2.26. The van der Waals surface area contributed by atoms with Crippen LogP contribution in [0.5, 0.6) is 0 Å². The number of aryl methyl sites for hydroxylation is 1. The van der Waals surface area contributed by atoms with Crippen LogP contribution >= 0.6 is 11.3 Å². The molecule has 0 aliphatic heterocycles. The number of hydrogen-bond donors (Lipinski definition) is 0. The molecule has 2 aromatic heterocycles. The third-order valence-corrected chi connectivity index (χ3v) is 5.35. The van der Waals surface area contributed by atoms with E-state index in [-0.39, 0.29) is 0 Å². The summed E-state index contributed by atoms with van der Waals surface area (Å²) in [4.78, 5) is 9.63. The third kappa shape index (κ3) is 3.74. The molecule has 4 heteroatoms. The summed E-state index contributed by atoms with van der Waals surface area (Å²) >= 11 is 1.90. The second-order valence-corrected chi connectivity index (χ2v) is 7.64. The monoisotopic (exact) mass is 303 g/mol. The van der Waals surface area contributed by atoms with Crippen LogP contribution in [0.4, 0.5) is 0 Å². The maximum atomic E-state index is 4.40. The summed E-state index contributed by atoms with van der Waals surface area (Å²) in [6.07, 6.45) is 10.9.